The van der Waals surface area contributed by atoms with Gasteiger partial charge in [0.05, 0.1) is 0 Å². The molecular formula is C11H13Cl2N3O2. The molecule has 0 radical (unpaired) electrons. The van der Waals surface area contributed by atoms with Crippen LogP contribution in [-0.4, -0.2) is 23.8 Å². The average Bonchev–Trinajstić information content (AvgIpc) is 2.80. The molecule has 1 aromatic heterocycles. The number of ether oxygens (including phenoxy) is 1. The molecule has 7 heteroatoms. The molecule has 1 unspecified atom stereocenters. The van der Waals surface area contributed by atoms with E-state index in [2.05, 4.69) is 10.1 Å². The Balaban J connectivity index is 0.00000162. The standard InChI is InChI=1S/C11H12ClN3O2.ClH/c1-16-9(6-13)11-14-10(15-17-11)7-3-2-4-8(12)5-7;/h2-5,9H,6,13H2,1H3;1H. The molecule has 1 aromatic carbocycles. The second kappa shape index (κ2) is 6.70. The van der Waals surface area contributed by atoms with Crippen LogP contribution in [0.25, 0.3) is 11.4 Å². The van der Waals surface area contributed by atoms with Crippen LogP contribution in [-0.2, 0) is 4.74 Å². The van der Waals surface area contributed by atoms with E-state index in [1.54, 1.807) is 19.2 Å². The van der Waals surface area contributed by atoms with E-state index in [4.69, 9.17) is 26.6 Å². The summed E-state index contributed by atoms with van der Waals surface area (Å²) >= 11 is 5.89. The summed E-state index contributed by atoms with van der Waals surface area (Å²) in [5, 5.41) is 4.49. The molecule has 0 bridgehead atoms. The predicted molar refractivity (Wildman–Crippen MR) is 70.8 cm³/mol. The van der Waals surface area contributed by atoms with Gasteiger partial charge in [0.15, 0.2) is 0 Å². The molecule has 0 saturated heterocycles. The smallest absolute Gasteiger partial charge is 0.257 e. The lowest BCUT2D eigenvalue weighted by atomic mass is 10.2. The minimum atomic E-state index is -0.379. The number of hydrogen-bond donors (Lipinski definition) is 1. The normalized spacial score (nSPS) is 11.9. The van der Waals surface area contributed by atoms with Gasteiger partial charge in [-0.1, -0.05) is 28.9 Å². The third kappa shape index (κ3) is 3.20. The van der Waals surface area contributed by atoms with Gasteiger partial charge < -0.3 is 15.0 Å². The second-order valence-corrected chi connectivity index (χ2v) is 3.86. The van der Waals surface area contributed by atoms with Crippen molar-refractivity contribution < 1.29 is 9.26 Å². The summed E-state index contributed by atoms with van der Waals surface area (Å²) in [6.07, 6.45) is -0.379. The van der Waals surface area contributed by atoms with Crippen molar-refractivity contribution in [3.8, 4) is 11.4 Å². The minimum absolute atomic E-state index is 0. The third-order valence-corrected chi connectivity index (χ3v) is 2.53. The minimum Gasteiger partial charge on any atom is -0.370 e. The van der Waals surface area contributed by atoms with E-state index in [0.29, 0.717) is 16.7 Å². The summed E-state index contributed by atoms with van der Waals surface area (Å²) in [6, 6.07) is 7.22. The van der Waals surface area contributed by atoms with Crippen LogP contribution in [0.2, 0.25) is 5.02 Å². The van der Waals surface area contributed by atoms with Gasteiger partial charge in [0.25, 0.3) is 5.89 Å². The van der Waals surface area contributed by atoms with Gasteiger partial charge >= 0.3 is 0 Å². The molecule has 1 atom stereocenters. The molecule has 2 aromatic rings. The molecule has 0 aliphatic rings. The third-order valence-electron chi connectivity index (χ3n) is 2.30. The van der Waals surface area contributed by atoms with E-state index in [9.17, 15) is 0 Å². The highest BCUT2D eigenvalue weighted by Gasteiger charge is 2.17. The van der Waals surface area contributed by atoms with Crippen LogP contribution in [0.5, 0.6) is 0 Å². The van der Waals surface area contributed by atoms with E-state index in [1.807, 2.05) is 12.1 Å². The highest BCUT2D eigenvalue weighted by molar-refractivity contribution is 6.30. The number of nitrogens with zero attached hydrogens (tertiary/aromatic N) is 2. The van der Waals surface area contributed by atoms with Crippen molar-refractivity contribution in [2.45, 2.75) is 6.10 Å². The highest BCUT2D eigenvalue weighted by Crippen LogP contribution is 2.22. The van der Waals surface area contributed by atoms with Gasteiger partial charge in [-0.2, -0.15) is 4.98 Å². The number of methoxy groups -OCH3 is 1. The van der Waals surface area contributed by atoms with Crippen molar-refractivity contribution in [2.24, 2.45) is 5.73 Å². The predicted octanol–water partition coefficient (Wildman–Crippen LogP) is 2.46. The molecule has 2 N–H and O–H groups in total. The summed E-state index contributed by atoms with van der Waals surface area (Å²) in [7, 11) is 1.54. The van der Waals surface area contributed by atoms with Gasteiger partial charge in [0.1, 0.15) is 6.10 Å². The molecule has 1 heterocycles. The lowest BCUT2D eigenvalue weighted by Crippen LogP contribution is -2.14. The van der Waals surface area contributed by atoms with E-state index >= 15 is 0 Å². The van der Waals surface area contributed by atoms with Gasteiger partial charge in [-0.3, -0.25) is 0 Å². The summed E-state index contributed by atoms with van der Waals surface area (Å²) in [4.78, 5) is 4.22. The zero-order valence-corrected chi connectivity index (χ0v) is 11.2. The van der Waals surface area contributed by atoms with Crippen molar-refractivity contribution in [2.75, 3.05) is 13.7 Å². The van der Waals surface area contributed by atoms with Crippen molar-refractivity contribution >= 4 is 24.0 Å². The number of hydrogen-bond acceptors (Lipinski definition) is 5. The Morgan fingerprint density at radius 2 is 2.28 bits per heavy atom. The van der Waals surface area contributed by atoms with E-state index in [-0.39, 0.29) is 25.1 Å². The lowest BCUT2D eigenvalue weighted by molar-refractivity contribution is 0.0804. The first kappa shape index (κ1) is 14.9. The Bertz CT molecular complexity index is 501. The monoisotopic (exact) mass is 289 g/mol. The first-order valence-electron chi connectivity index (χ1n) is 5.07. The van der Waals surface area contributed by atoms with Crippen molar-refractivity contribution in [3.63, 3.8) is 0 Å². The fourth-order valence-electron chi connectivity index (χ4n) is 1.41. The summed E-state index contributed by atoms with van der Waals surface area (Å²) in [6.45, 7) is 0.285. The van der Waals surface area contributed by atoms with Crippen LogP contribution < -0.4 is 5.73 Å². The fraction of sp³-hybridized carbons (Fsp3) is 0.273. The maximum atomic E-state index is 5.89. The number of halogens is 2. The zero-order valence-electron chi connectivity index (χ0n) is 9.67. The van der Waals surface area contributed by atoms with Crippen LogP contribution in [0.4, 0.5) is 0 Å². The highest BCUT2D eigenvalue weighted by atomic mass is 35.5. The van der Waals surface area contributed by atoms with E-state index in [0.717, 1.165) is 5.56 Å². The van der Waals surface area contributed by atoms with Gasteiger partial charge in [0.2, 0.25) is 5.82 Å². The quantitative estimate of drug-likeness (QED) is 0.936. The second-order valence-electron chi connectivity index (χ2n) is 3.43. The summed E-state index contributed by atoms with van der Waals surface area (Å²) in [5.74, 6) is 0.836. The average molecular weight is 290 g/mol. The molecule has 0 saturated carbocycles. The molecule has 0 aliphatic heterocycles. The fourth-order valence-corrected chi connectivity index (χ4v) is 1.60. The van der Waals surface area contributed by atoms with Gasteiger partial charge in [0, 0.05) is 24.2 Å². The van der Waals surface area contributed by atoms with Crippen LogP contribution in [0.1, 0.15) is 12.0 Å². The largest absolute Gasteiger partial charge is 0.370 e. The van der Waals surface area contributed by atoms with Crippen molar-refractivity contribution in [3.05, 3.63) is 35.2 Å². The van der Waals surface area contributed by atoms with Gasteiger partial charge in [-0.05, 0) is 12.1 Å². The number of benzene rings is 1. The molecule has 0 fully saturated rings. The topological polar surface area (TPSA) is 74.2 Å². The van der Waals surface area contributed by atoms with Crippen LogP contribution >= 0.6 is 24.0 Å². The molecule has 2 rings (SSSR count). The Morgan fingerprint density at radius 1 is 1.50 bits per heavy atom. The zero-order chi connectivity index (χ0) is 12.3. The van der Waals surface area contributed by atoms with Crippen LogP contribution in [0.15, 0.2) is 28.8 Å². The summed E-state index contributed by atoms with van der Waals surface area (Å²) in [5.41, 5.74) is 6.30. The molecule has 98 valence electrons. The number of rotatable bonds is 4. The maximum absolute atomic E-state index is 5.89. The molecule has 18 heavy (non-hydrogen) atoms. The first-order valence-corrected chi connectivity index (χ1v) is 5.44. The molecule has 0 spiro atoms. The lowest BCUT2D eigenvalue weighted by Gasteiger charge is -2.05. The Morgan fingerprint density at radius 3 is 2.89 bits per heavy atom. The van der Waals surface area contributed by atoms with Crippen molar-refractivity contribution in [1.29, 1.82) is 0 Å². The Kier molecular flexibility index (Phi) is 5.55. The van der Waals surface area contributed by atoms with Crippen LogP contribution in [0.3, 0.4) is 0 Å². The molecule has 0 amide bonds. The molecule has 5 nitrogen and oxygen atoms in total. The Labute approximate surface area is 116 Å². The van der Waals surface area contributed by atoms with Gasteiger partial charge in [-0.15, -0.1) is 12.4 Å². The first-order chi connectivity index (χ1) is 8.24. The number of nitrogens with two attached hydrogens (primary N) is 1. The van der Waals surface area contributed by atoms with E-state index < -0.39 is 0 Å². The molecular weight excluding hydrogens is 277 g/mol. The van der Waals surface area contributed by atoms with Gasteiger partial charge in [-0.25, -0.2) is 0 Å². The summed E-state index contributed by atoms with van der Waals surface area (Å²) < 4.78 is 10.2. The maximum Gasteiger partial charge on any atom is 0.257 e. The van der Waals surface area contributed by atoms with E-state index in [1.165, 1.54) is 0 Å². The Hall–Kier alpha value is -1.14. The SMILES string of the molecule is COC(CN)c1nc(-c2cccc(Cl)c2)no1.Cl. The van der Waals surface area contributed by atoms with Crippen molar-refractivity contribution in [1.82, 2.24) is 10.1 Å². The van der Waals surface area contributed by atoms with Crippen LogP contribution in [0, 0.1) is 0 Å². The number of aromatic nitrogens is 2. The molecule has 0 aliphatic carbocycles.